The lowest BCUT2D eigenvalue weighted by atomic mass is 9.92. The molecule has 2 unspecified atom stereocenters. The van der Waals surface area contributed by atoms with Crippen LogP contribution in [-0.2, 0) is 38.3 Å². The van der Waals surface area contributed by atoms with Gasteiger partial charge >= 0.3 is 12.3 Å². The van der Waals surface area contributed by atoms with Gasteiger partial charge in [0.05, 0.1) is 23.4 Å². The maximum absolute atomic E-state index is 15.0. The minimum absolute atomic E-state index is 0.00223. The Morgan fingerprint density at radius 1 is 0.929 bits per heavy atom. The summed E-state index contributed by atoms with van der Waals surface area (Å²) in [6.45, 7) is 5.22. The van der Waals surface area contributed by atoms with Crippen LogP contribution < -0.4 is 9.64 Å². The lowest BCUT2D eigenvalue weighted by Crippen LogP contribution is -2.58. The van der Waals surface area contributed by atoms with E-state index < -0.39 is 47.1 Å². The van der Waals surface area contributed by atoms with Crippen LogP contribution in [0, 0.1) is 0 Å². The highest BCUT2D eigenvalue weighted by atomic mass is 19.4. The summed E-state index contributed by atoms with van der Waals surface area (Å²) in [5.74, 6) is -1.57. The molecule has 0 bridgehead atoms. The summed E-state index contributed by atoms with van der Waals surface area (Å²) in [4.78, 5) is 47.0. The van der Waals surface area contributed by atoms with E-state index in [1.54, 1.807) is 18.7 Å². The van der Waals surface area contributed by atoms with Crippen LogP contribution in [0.1, 0.15) is 99.2 Å². The Morgan fingerprint density at radius 2 is 1.59 bits per heavy atom. The first-order chi connectivity index (χ1) is 26.8. The van der Waals surface area contributed by atoms with Crippen molar-refractivity contribution in [3.05, 3.63) is 95.1 Å². The number of carbonyl (C=O) groups excluding carboxylic acids is 3. The summed E-state index contributed by atoms with van der Waals surface area (Å²) in [6.07, 6.45) is 0.358. The van der Waals surface area contributed by atoms with E-state index in [0.717, 1.165) is 55.4 Å². The zero-order valence-corrected chi connectivity index (χ0v) is 32.4. The van der Waals surface area contributed by atoms with Crippen LogP contribution >= 0.6 is 0 Å². The predicted molar refractivity (Wildman–Crippen MR) is 204 cm³/mol. The Bertz CT molecular complexity index is 1800. The average Bonchev–Trinajstić information content (AvgIpc) is 3.19. The first kappa shape index (κ1) is 41.0. The molecule has 0 N–H and O–H groups in total. The Kier molecular flexibility index (Phi) is 13.3. The second kappa shape index (κ2) is 18.1. The fraction of sp³-hybridized carbons (Fsp3) is 0.512. The molecule has 0 aromatic heterocycles. The van der Waals surface area contributed by atoms with Crippen molar-refractivity contribution in [2.45, 2.75) is 115 Å². The summed E-state index contributed by atoms with van der Waals surface area (Å²) >= 11 is 0. The molecule has 56 heavy (non-hydrogen) atoms. The zero-order chi connectivity index (χ0) is 39.9. The van der Waals surface area contributed by atoms with Crippen molar-refractivity contribution in [3.63, 3.8) is 0 Å². The third-order valence-electron chi connectivity index (χ3n) is 10.7. The van der Waals surface area contributed by atoms with Crippen LogP contribution in [0.25, 0.3) is 0 Å². The van der Waals surface area contributed by atoms with Crippen molar-refractivity contribution in [2.24, 2.45) is 0 Å². The number of anilines is 1. The topological polar surface area (TPSA) is 97.8 Å². The number of hydrogen-bond donors (Lipinski definition) is 0. The molecule has 0 spiro atoms. The first-order valence-electron chi connectivity index (χ1n) is 19.7. The number of halogens is 3. The third kappa shape index (κ3) is 9.84. The highest BCUT2D eigenvalue weighted by molar-refractivity contribution is 6.05. The number of hydrogen-bond acceptors (Lipinski definition) is 7. The number of amides is 3. The van der Waals surface area contributed by atoms with Crippen LogP contribution in [-0.4, -0.2) is 78.0 Å². The summed E-state index contributed by atoms with van der Waals surface area (Å²) < 4.78 is 68.5. The van der Waals surface area contributed by atoms with Crippen LogP contribution in [0.15, 0.2) is 72.8 Å². The number of nitrogens with zero attached hydrogens (tertiary/aromatic N) is 3. The molecule has 2 heterocycles. The molecule has 3 aromatic carbocycles. The Hall–Kier alpha value is -4.62. The van der Waals surface area contributed by atoms with E-state index in [1.807, 2.05) is 60.7 Å². The van der Waals surface area contributed by atoms with E-state index in [2.05, 4.69) is 0 Å². The van der Waals surface area contributed by atoms with E-state index in [-0.39, 0.29) is 56.4 Å². The van der Waals surface area contributed by atoms with Gasteiger partial charge in [0.2, 0.25) is 5.60 Å². The molecule has 6 rings (SSSR count). The molecule has 2 fully saturated rings. The summed E-state index contributed by atoms with van der Waals surface area (Å²) in [7, 11) is 0. The van der Waals surface area contributed by atoms with Crippen molar-refractivity contribution < 1.29 is 46.5 Å². The second-order valence-corrected chi connectivity index (χ2v) is 15.3. The van der Waals surface area contributed by atoms with Gasteiger partial charge in [0.1, 0.15) is 12.4 Å². The Morgan fingerprint density at radius 3 is 2.21 bits per heavy atom. The normalized spacial score (nSPS) is 20.3. The monoisotopic (exact) mass is 779 g/mol. The van der Waals surface area contributed by atoms with Crippen LogP contribution in [0.2, 0.25) is 0 Å². The van der Waals surface area contributed by atoms with Gasteiger partial charge in [-0.25, -0.2) is 4.79 Å². The average molecular weight is 780 g/mol. The van der Waals surface area contributed by atoms with Crippen LogP contribution in [0.5, 0.6) is 5.75 Å². The molecule has 3 aromatic rings. The standard InChI is InChI=1S/C43H52F3N3O7/c1-30(2)49(33-19-11-6-12-20-33)39(50)34-25-36-37(26-35(34)43(44,45)46)56-42(3,29-55-38-21-13-14-24-53-38)40(51)48(36)23-22-47(27-31-15-7-4-8-16-31)41(52)54-28-32-17-9-5-10-18-32/h4-5,7-10,15-18,25-26,30,33,38H,6,11-14,19-24,27-29H2,1-3H3. The van der Waals surface area contributed by atoms with Gasteiger partial charge in [0.25, 0.3) is 11.8 Å². The third-order valence-corrected chi connectivity index (χ3v) is 10.7. The van der Waals surface area contributed by atoms with E-state index in [9.17, 15) is 27.6 Å². The quantitative estimate of drug-likeness (QED) is 0.171. The van der Waals surface area contributed by atoms with Gasteiger partial charge in [-0.3, -0.25) is 9.59 Å². The number of alkyl halides is 3. The molecular weight excluding hydrogens is 727 g/mol. The minimum atomic E-state index is -4.91. The van der Waals surface area contributed by atoms with Crippen LogP contribution in [0.4, 0.5) is 23.7 Å². The fourth-order valence-corrected chi connectivity index (χ4v) is 7.75. The van der Waals surface area contributed by atoms with Crippen molar-refractivity contribution in [2.75, 3.05) is 31.2 Å². The molecule has 10 nitrogen and oxygen atoms in total. The largest absolute Gasteiger partial charge is 0.473 e. The molecule has 302 valence electrons. The van der Waals surface area contributed by atoms with Gasteiger partial charge < -0.3 is 33.6 Å². The fourth-order valence-electron chi connectivity index (χ4n) is 7.75. The van der Waals surface area contributed by atoms with Gasteiger partial charge in [-0.15, -0.1) is 0 Å². The molecule has 3 aliphatic rings. The summed E-state index contributed by atoms with van der Waals surface area (Å²) in [5, 5.41) is 0. The lowest BCUT2D eigenvalue weighted by molar-refractivity contribution is -0.188. The summed E-state index contributed by atoms with van der Waals surface area (Å²) in [5.41, 5.74) is -1.87. The molecule has 1 aliphatic carbocycles. The van der Waals surface area contributed by atoms with Crippen molar-refractivity contribution in [1.29, 1.82) is 0 Å². The lowest BCUT2D eigenvalue weighted by Gasteiger charge is -2.42. The number of fused-ring (bicyclic) bond motifs is 1. The number of benzene rings is 3. The molecule has 1 saturated heterocycles. The highest BCUT2D eigenvalue weighted by Crippen LogP contribution is 2.45. The molecule has 0 radical (unpaired) electrons. The predicted octanol–water partition coefficient (Wildman–Crippen LogP) is 8.76. The number of rotatable bonds is 13. The first-order valence-corrected chi connectivity index (χ1v) is 19.7. The minimum Gasteiger partial charge on any atom is -0.473 e. The molecular formula is C43H52F3N3O7. The Balaban J connectivity index is 1.37. The van der Waals surface area contributed by atoms with E-state index in [1.165, 1.54) is 16.7 Å². The van der Waals surface area contributed by atoms with Gasteiger partial charge in [-0.05, 0) is 76.1 Å². The number of ether oxygens (including phenoxy) is 4. The molecule has 1 saturated carbocycles. The van der Waals surface area contributed by atoms with Gasteiger partial charge in [0.15, 0.2) is 6.29 Å². The van der Waals surface area contributed by atoms with Crippen molar-refractivity contribution in [1.82, 2.24) is 9.80 Å². The van der Waals surface area contributed by atoms with E-state index in [4.69, 9.17) is 18.9 Å². The maximum Gasteiger partial charge on any atom is 0.417 e. The smallest absolute Gasteiger partial charge is 0.417 e. The van der Waals surface area contributed by atoms with Crippen LogP contribution in [0.3, 0.4) is 0 Å². The molecule has 13 heteroatoms. The SMILES string of the molecule is CC(C)N(C(=O)c1cc2c(cc1C(F)(F)F)OC(C)(COC1CCCCO1)C(=O)N2CCN(Cc1ccccc1)C(=O)OCc1ccccc1)C1CCCCC1. The number of carbonyl (C=O) groups is 3. The second-order valence-electron chi connectivity index (χ2n) is 15.3. The van der Waals surface area contributed by atoms with Gasteiger partial charge in [0, 0.05) is 38.3 Å². The summed E-state index contributed by atoms with van der Waals surface area (Å²) in [6, 6.07) is 19.9. The molecule has 3 amide bonds. The van der Waals surface area contributed by atoms with Gasteiger partial charge in [-0.1, -0.05) is 79.9 Å². The molecule has 2 aliphatic heterocycles. The zero-order valence-electron chi connectivity index (χ0n) is 32.4. The van der Waals surface area contributed by atoms with Gasteiger partial charge in [-0.2, -0.15) is 13.2 Å². The van der Waals surface area contributed by atoms with Crippen molar-refractivity contribution >= 4 is 23.6 Å². The highest BCUT2D eigenvalue weighted by Gasteiger charge is 2.48. The van der Waals surface area contributed by atoms with E-state index >= 15 is 0 Å². The maximum atomic E-state index is 15.0. The Labute approximate surface area is 326 Å². The molecule has 2 atom stereocenters. The van der Waals surface area contributed by atoms with Crippen molar-refractivity contribution in [3.8, 4) is 5.75 Å². The van der Waals surface area contributed by atoms with E-state index in [0.29, 0.717) is 25.9 Å².